The molecule has 2 fully saturated rings. The molecule has 3 aromatic heterocycles. The number of rotatable bonds is 4. The maximum Gasteiger partial charge on any atom is 0.225 e. The third-order valence-corrected chi connectivity index (χ3v) is 5.68. The molecule has 5 heterocycles. The van der Waals surface area contributed by atoms with Crippen LogP contribution in [0.1, 0.15) is 13.3 Å². The van der Waals surface area contributed by atoms with E-state index in [-0.39, 0.29) is 6.10 Å². The minimum atomic E-state index is 0.0880. The van der Waals surface area contributed by atoms with Crippen LogP contribution in [0.4, 0.5) is 11.8 Å². The molecule has 29 heavy (non-hydrogen) atoms. The molecule has 152 valence electrons. The van der Waals surface area contributed by atoms with Crippen LogP contribution in [0.3, 0.4) is 0 Å². The van der Waals surface area contributed by atoms with Gasteiger partial charge in [0.25, 0.3) is 0 Å². The van der Waals surface area contributed by atoms with Gasteiger partial charge in [0.2, 0.25) is 11.8 Å². The number of anilines is 2. The SMILES string of the molecule is C[C@@H]1CN(c2ncn[nH]2)CC[C@@H]1Oc1nc(N2CCOCC2)cc2ncccc12. The van der Waals surface area contributed by atoms with E-state index in [9.17, 15) is 0 Å². The molecule has 1 N–H and O–H groups in total. The van der Waals surface area contributed by atoms with Crippen LogP contribution < -0.4 is 14.5 Å². The number of hydrogen-bond acceptors (Lipinski definition) is 8. The number of piperidine rings is 1. The van der Waals surface area contributed by atoms with Crippen molar-refractivity contribution in [1.82, 2.24) is 25.1 Å². The van der Waals surface area contributed by atoms with Crippen LogP contribution in [-0.4, -0.2) is 70.6 Å². The Bertz CT molecular complexity index is 959. The number of pyridine rings is 2. The third kappa shape index (κ3) is 3.69. The first-order valence-corrected chi connectivity index (χ1v) is 10.1. The maximum atomic E-state index is 6.50. The Morgan fingerprint density at radius 2 is 2.07 bits per heavy atom. The zero-order valence-electron chi connectivity index (χ0n) is 16.5. The molecule has 0 saturated carbocycles. The molecule has 2 saturated heterocycles. The van der Waals surface area contributed by atoms with Crippen molar-refractivity contribution in [2.24, 2.45) is 5.92 Å². The summed E-state index contributed by atoms with van der Waals surface area (Å²) in [7, 11) is 0. The van der Waals surface area contributed by atoms with Gasteiger partial charge in [0.05, 0.1) is 24.1 Å². The summed E-state index contributed by atoms with van der Waals surface area (Å²) in [6, 6.07) is 6.01. The van der Waals surface area contributed by atoms with E-state index in [2.05, 4.69) is 36.9 Å². The fraction of sp³-hybridized carbons (Fsp3) is 0.500. The zero-order valence-corrected chi connectivity index (χ0v) is 16.5. The largest absolute Gasteiger partial charge is 0.473 e. The van der Waals surface area contributed by atoms with Crippen molar-refractivity contribution < 1.29 is 9.47 Å². The highest BCUT2D eigenvalue weighted by atomic mass is 16.5. The predicted molar refractivity (Wildman–Crippen MR) is 109 cm³/mol. The predicted octanol–water partition coefficient (Wildman–Crippen LogP) is 1.88. The Balaban J connectivity index is 1.39. The second kappa shape index (κ2) is 7.82. The number of aromatic nitrogens is 5. The van der Waals surface area contributed by atoms with Crippen LogP contribution in [0.2, 0.25) is 0 Å². The normalized spacial score (nSPS) is 22.8. The molecule has 2 aliphatic heterocycles. The van der Waals surface area contributed by atoms with Crippen molar-refractivity contribution in [3.05, 3.63) is 30.7 Å². The number of morpholine rings is 1. The zero-order chi connectivity index (χ0) is 19.6. The molecule has 3 aromatic rings. The smallest absolute Gasteiger partial charge is 0.225 e. The summed E-state index contributed by atoms with van der Waals surface area (Å²) >= 11 is 0. The molecule has 0 spiro atoms. The van der Waals surface area contributed by atoms with Gasteiger partial charge >= 0.3 is 0 Å². The Kier molecular flexibility index (Phi) is 4.89. The summed E-state index contributed by atoms with van der Waals surface area (Å²) in [6.07, 6.45) is 4.34. The van der Waals surface area contributed by atoms with Crippen molar-refractivity contribution in [2.75, 3.05) is 49.2 Å². The Hall–Kier alpha value is -2.94. The lowest BCUT2D eigenvalue weighted by Crippen LogP contribution is -2.45. The minimum absolute atomic E-state index is 0.0880. The van der Waals surface area contributed by atoms with Crippen LogP contribution in [0, 0.1) is 5.92 Å². The lowest BCUT2D eigenvalue weighted by molar-refractivity contribution is 0.116. The first-order chi connectivity index (χ1) is 14.3. The molecule has 0 aliphatic carbocycles. The van der Waals surface area contributed by atoms with Gasteiger partial charge in [-0.1, -0.05) is 6.92 Å². The number of ether oxygens (including phenoxy) is 2. The van der Waals surface area contributed by atoms with Crippen molar-refractivity contribution in [3.8, 4) is 5.88 Å². The van der Waals surface area contributed by atoms with Gasteiger partial charge in [-0.2, -0.15) is 15.1 Å². The van der Waals surface area contributed by atoms with Crippen LogP contribution in [0.15, 0.2) is 30.7 Å². The van der Waals surface area contributed by atoms with E-state index in [0.717, 1.165) is 68.5 Å². The molecule has 2 aliphatic rings. The van der Waals surface area contributed by atoms with Gasteiger partial charge in [0.15, 0.2) is 0 Å². The highest BCUT2D eigenvalue weighted by Gasteiger charge is 2.30. The second-order valence-electron chi connectivity index (χ2n) is 7.63. The lowest BCUT2D eigenvalue weighted by Gasteiger charge is -2.36. The molecular formula is C20H25N7O2. The molecule has 0 unspecified atom stereocenters. The fourth-order valence-electron chi connectivity index (χ4n) is 4.06. The van der Waals surface area contributed by atoms with Crippen LogP contribution >= 0.6 is 0 Å². The first-order valence-electron chi connectivity index (χ1n) is 10.1. The van der Waals surface area contributed by atoms with E-state index in [1.807, 2.05) is 24.4 Å². The van der Waals surface area contributed by atoms with Crippen LogP contribution in [-0.2, 0) is 4.74 Å². The Morgan fingerprint density at radius 3 is 2.86 bits per heavy atom. The molecule has 9 nitrogen and oxygen atoms in total. The van der Waals surface area contributed by atoms with Crippen molar-refractivity contribution >= 4 is 22.7 Å². The standard InChI is InChI=1S/C20H25N7O2/c1-14-12-27(20-22-13-23-25-20)6-4-17(14)29-19-15-3-2-5-21-16(15)11-18(24-19)26-7-9-28-10-8-26/h2-3,5,11,13-14,17H,4,6-10,12H2,1H3,(H,22,23,25)/t14-,17+/m1/s1. The van der Waals surface area contributed by atoms with Gasteiger partial charge in [-0.15, -0.1) is 0 Å². The summed E-state index contributed by atoms with van der Waals surface area (Å²) in [4.78, 5) is 18.2. The summed E-state index contributed by atoms with van der Waals surface area (Å²) in [6.45, 7) is 7.03. The first kappa shape index (κ1) is 18.1. The average molecular weight is 395 g/mol. The lowest BCUT2D eigenvalue weighted by atomic mass is 9.96. The summed E-state index contributed by atoms with van der Waals surface area (Å²) in [5.41, 5.74) is 0.908. The van der Waals surface area contributed by atoms with Crippen molar-refractivity contribution in [3.63, 3.8) is 0 Å². The van der Waals surface area contributed by atoms with E-state index >= 15 is 0 Å². The quantitative estimate of drug-likeness (QED) is 0.716. The van der Waals surface area contributed by atoms with Gasteiger partial charge in [0.1, 0.15) is 18.2 Å². The highest BCUT2D eigenvalue weighted by molar-refractivity contribution is 5.85. The number of H-pyrrole nitrogens is 1. The van der Waals surface area contributed by atoms with Gasteiger partial charge in [-0.05, 0) is 12.1 Å². The van der Waals surface area contributed by atoms with E-state index in [0.29, 0.717) is 11.8 Å². The molecule has 0 amide bonds. The number of aromatic amines is 1. The Labute approximate surface area is 169 Å². The molecule has 0 aromatic carbocycles. The van der Waals surface area contributed by atoms with Crippen LogP contribution in [0.5, 0.6) is 5.88 Å². The highest BCUT2D eigenvalue weighted by Crippen LogP contribution is 2.31. The number of nitrogens with one attached hydrogen (secondary N) is 1. The maximum absolute atomic E-state index is 6.50. The molecule has 0 bridgehead atoms. The Morgan fingerprint density at radius 1 is 1.17 bits per heavy atom. The third-order valence-electron chi connectivity index (χ3n) is 5.68. The van der Waals surface area contributed by atoms with Gasteiger partial charge in [-0.3, -0.25) is 4.98 Å². The number of fused-ring (bicyclic) bond motifs is 1. The topological polar surface area (TPSA) is 92.3 Å². The van der Waals surface area contributed by atoms with Gasteiger partial charge in [0, 0.05) is 50.8 Å². The van der Waals surface area contributed by atoms with E-state index < -0.39 is 0 Å². The minimum Gasteiger partial charge on any atom is -0.473 e. The van der Waals surface area contributed by atoms with Crippen molar-refractivity contribution in [1.29, 1.82) is 0 Å². The van der Waals surface area contributed by atoms with E-state index in [4.69, 9.17) is 14.5 Å². The number of hydrogen-bond donors (Lipinski definition) is 1. The fourth-order valence-corrected chi connectivity index (χ4v) is 4.06. The van der Waals surface area contributed by atoms with E-state index in [1.165, 1.54) is 0 Å². The van der Waals surface area contributed by atoms with Crippen LogP contribution in [0.25, 0.3) is 10.9 Å². The molecule has 9 heteroatoms. The van der Waals surface area contributed by atoms with Crippen molar-refractivity contribution in [2.45, 2.75) is 19.4 Å². The molecule has 2 atom stereocenters. The van der Waals surface area contributed by atoms with Gasteiger partial charge < -0.3 is 19.3 Å². The summed E-state index contributed by atoms with van der Waals surface area (Å²) < 4.78 is 12.0. The monoisotopic (exact) mass is 395 g/mol. The second-order valence-corrected chi connectivity index (χ2v) is 7.63. The van der Waals surface area contributed by atoms with Gasteiger partial charge in [-0.25, -0.2) is 5.10 Å². The summed E-state index contributed by atoms with van der Waals surface area (Å²) in [5, 5.41) is 7.86. The number of nitrogens with zero attached hydrogens (tertiary/aromatic N) is 6. The molecule has 5 rings (SSSR count). The average Bonchev–Trinajstić information content (AvgIpc) is 3.30. The molecular weight excluding hydrogens is 370 g/mol. The van der Waals surface area contributed by atoms with E-state index in [1.54, 1.807) is 6.33 Å². The summed E-state index contributed by atoms with van der Waals surface area (Å²) in [5.74, 6) is 2.72. The molecule has 0 radical (unpaired) electrons.